The number of hydrogen-bond donors (Lipinski definition) is 1. The molecular formula is C17H19N3O. The summed E-state index contributed by atoms with van der Waals surface area (Å²) in [5.41, 5.74) is 5.84. The zero-order valence-corrected chi connectivity index (χ0v) is 12.5. The number of aromatic nitrogens is 3. The Bertz CT molecular complexity index is 792. The van der Waals surface area contributed by atoms with Crippen LogP contribution < -0.4 is 0 Å². The van der Waals surface area contributed by atoms with E-state index in [1.807, 2.05) is 38.2 Å². The average molecular weight is 281 g/mol. The summed E-state index contributed by atoms with van der Waals surface area (Å²) in [7, 11) is 1.87. The monoisotopic (exact) mass is 281 g/mol. The van der Waals surface area contributed by atoms with Crippen LogP contribution in [0.2, 0.25) is 0 Å². The molecule has 2 aromatic carbocycles. The number of fused-ring (bicyclic) bond motifs is 1. The molecule has 0 bridgehead atoms. The lowest BCUT2D eigenvalue weighted by atomic mass is 9.95. The molecule has 0 amide bonds. The Morgan fingerprint density at radius 3 is 2.81 bits per heavy atom. The third-order valence-electron chi connectivity index (χ3n) is 4.05. The van der Waals surface area contributed by atoms with E-state index in [0.29, 0.717) is 0 Å². The second-order valence-corrected chi connectivity index (χ2v) is 5.36. The molecule has 0 fully saturated rings. The largest absolute Gasteiger partial charge is 0.384 e. The molecule has 0 saturated heterocycles. The molecule has 3 rings (SSSR count). The van der Waals surface area contributed by atoms with Gasteiger partial charge in [-0.3, -0.25) is 0 Å². The first kappa shape index (κ1) is 13.8. The van der Waals surface area contributed by atoms with Gasteiger partial charge in [0.2, 0.25) is 0 Å². The van der Waals surface area contributed by atoms with Crippen LogP contribution in [-0.2, 0) is 13.5 Å². The summed E-state index contributed by atoms with van der Waals surface area (Å²) >= 11 is 0. The highest BCUT2D eigenvalue weighted by Crippen LogP contribution is 2.29. The zero-order valence-electron chi connectivity index (χ0n) is 12.5. The summed E-state index contributed by atoms with van der Waals surface area (Å²) < 4.78 is 1.75. The molecule has 3 aromatic rings. The fraction of sp³-hybridized carbons (Fsp3) is 0.294. The van der Waals surface area contributed by atoms with Crippen molar-refractivity contribution in [1.82, 2.24) is 15.0 Å². The number of aliphatic hydroxyl groups is 1. The SMILES string of the molecule is CCc1cccc(C(O)c2ccc3c(nnn3C)c2C)c1. The number of hydrogen-bond acceptors (Lipinski definition) is 3. The number of benzene rings is 2. The summed E-state index contributed by atoms with van der Waals surface area (Å²) in [6, 6.07) is 12.0. The van der Waals surface area contributed by atoms with E-state index in [-0.39, 0.29) is 0 Å². The summed E-state index contributed by atoms with van der Waals surface area (Å²) in [4.78, 5) is 0. The summed E-state index contributed by atoms with van der Waals surface area (Å²) in [6.07, 6.45) is 0.325. The lowest BCUT2D eigenvalue weighted by Gasteiger charge is -2.15. The Morgan fingerprint density at radius 1 is 1.24 bits per heavy atom. The second kappa shape index (κ2) is 5.30. The van der Waals surface area contributed by atoms with Gasteiger partial charge >= 0.3 is 0 Å². The third kappa shape index (κ3) is 2.32. The van der Waals surface area contributed by atoms with Gasteiger partial charge in [0.05, 0.1) is 5.52 Å². The molecular weight excluding hydrogens is 262 g/mol. The predicted molar refractivity (Wildman–Crippen MR) is 83.1 cm³/mol. The molecule has 0 aliphatic carbocycles. The van der Waals surface area contributed by atoms with Gasteiger partial charge < -0.3 is 5.11 Å². The first-order valence-corrected chi connectivity index (χ1v) is 7.17. The van der Waals surface area contributed by atoms with Crippen molar-refractivity contribution >= 4 is 11.0 Å². The fourth-order valence-electron chi connectivity index (χ4n) is 2.71. The van der Waals surface area contributed by atoms with Crippen molar-refractivity contribution in [2.45, 2.75) is 26.4 Å². The van der Waals surface area contributed by atoms with E-state index in [1.165, 1.54) is 5.56 Å². The lowest BCUT2D eigenvalue weighted by molar-refractivity contribution is 0.219. The maximum Gasteiger partial charge on any atom is 0.116 e. The van der Waals surface area contributed by atoms with Gasteiger partial charge in [-0.2, -0.15) is 0 Å². The van der Waals surface area contributed by atoms with Crippen LogP contribution in [0.1, 0.15) is 35.3 Å². The molecule has 4 heteroatoms. The minimum absolute atomic E-state index is 0.636. The van der Waals surface area contributed by atoms with Crippen molar-refractivity contribution in [3.63, 3.8) is 0 Å². The van der Waals surface area contributed by atoms with Crippen LogP contribution in [-0.4, -0.2) is 20.1 Å². The first-order chi connectivity index (χ1) is 10.1. The van der Waals surface area contributed by atoms with Gasteiger partial charge in [0, 0.05) is 7.05 Å². The number of rotatable bonds is 3. The van der Waals surface area contributed by atoms with Gasteiger partial charge in [-0.1, -0.05) is 42.5 Å². The molecule has 1 aromatic heterocycles. The number of nitrogens with zero attached hydrogens (tertiary/aromatic N) is 3. The molecule has 4 nitrogen and oxygen atoms in total. The minimum atomic E-state index is -0.636. The highest BCUT2D eigenvalue weighted by molar-refractivity contribution is 5.79. The summed E-state index contributed by atoms with van der Waals surface area (Å²) in [6.45, 7) is 4.10. The molecule has 0 aliphatic rings. The minimum Gasteiger partial charge on any atom is -0.384 e. The molecule has 1 unspecified atom stereocenters. The van der Waals surface area contributed by atoms with E-state index in [1.54, 1.807) is 4.68 Å². The number of aryl methyl sites for hydroxylation is 3. The van der Waals surface area contributed by atoms with Crippen molar-refractivity contribution < 1.29 is 5.11 Å². The van der Waals surface area contributed by atoms with E-state index in [9.17, 15) is 5.11 Å². The predicted octanol–water partition coefficient (Wildman–Crippen LogP) is 2.92. The summed E-state index contributed by atoms with van der Waals surface area (Å²) in [5.74, 6) is 0. The Labute approximate surface area is 124 Å². The van der Waals surface area contributed by atoms with Crippen LogP contribution in [0.25, 0.3) is 11.0 Å². The molecule has 21 heavy (non-hydrogen) atoms. The van der Waals surface area contributed by atoms with E-state index in [0.717, 1.165) is 34.1 Å². The highest BCUT2D eigenvalue weighted by atomic mass is 16.3. The van der Waals surface area contributed by atoms with Crippen LogP contribution >= 0.6 is 0 Å². The zero-order chi connectivity index (χ0) is 15.0. The number of aliphatic hydroxyl groups excluding tert-OH is 1. The van der Waals surface area contributed by atoms with E-state index < -0.39 is 6.10 Å². The maximum atomic E-state index is 10.7. The molecule has 0 saturated carbocycles. The smallest absolute Gasteiger partial charge is 0.116 e. The molecule has 1 heterocycles. The van der Waals surface area contributed by atoms with E-state index in [2.05, 4.69) is 29.4 Å². The van der Waals surface area contributed by atoms with Crippen LogP contribution in [0.4, 0.5) is 0 Å². The van der Waals surface area contributed by atoms with Gasteiger partial charge in [0.1, 0.15) is 11.6 Å². The molecule has 108 valence electrons. The highest BCUT2D eigenvalue weighted by Gasteiger charge is 2.16. The Balaban J connectivity index is 2.08. The van der Waals surface area contributed by atoms with Crippen molar-refractivity contribution in [2.24, 2.45) is 7.05 Å². The van der Waals surface area contributed by atoms with Crippen LogP contribution in [0.5, 0.6) is 0 Å². The molecule has 0 radical (unpaired) electrons. The molecule has 1 atom stereocenters. The van der Waals surface area contributed by atoms with Crippen molar-refractivity contribution in [3.8, 4) is 0 Å². The van der Waals surface area contributed by atoms with Crippen LogP contribution in [0, 0.1) is 6.92 Å². The lowest BCUT2D eigenvalue weighted by Crippen LogP contribution is -2.03. The second-order valence-electron chi connectivity index (χ2n) is 5.36. The normalized spacial score (nSPS) is 12.8. The average Bonchev–Trinajstić information content (AvgIpc) is 2.89. The van der Waals surface area contributed by atoms with Crippen molar-refractivity contribution in [3.05, 3.63) is 58.7 Å². The van der Waals surface area contributed by atoms with E-state index >= 15 is 0 Å². The van der Waals surface area contributed by atoms with Gasteiger partial charge in [-0.25, -0.2) is 4.68 Å². The van der Waals surface area contributed by atoms with Crippen LogP contribution in [0.15, 0.2) is 36.4 Å². The van der Waals surface area contributed by atoms with Crippen LogP contribution in [0.3, 0.4) is 0 Å². The van der Waals surface area contributed by atoms with E-state index in [4.69, 9.17) is 0 Å². The molecule has 1 N–H and O–H groups in total. The molecule has 0 aliphatic heterocycles. The van der Waals surface area contributed by atoms with Crippen molar-refractivity contribution in [1.29, 1.82) is 0 Å². The van der Waals surface area contributed by atoms with Gasteiger partial charge in [-0.15, -0.1) is 5.10 Å². The van der Waals surface area contributed by atoms with Gasteiger partial charge in [-0.05, 0) is 41.7 Å². The topological polar surface area (TPSA) is 50.9 Å². The Kier molecular flexibility index (Phi) is 3.47. The third-order valence-corrected chi connectivity index (χ3v) is 4.05. The Hall–Kier alpha value is -2.20. The maximum absolute atomic E-state index is 10.7. The first-order valence-electron chi connectivity index (χ1n) is 7.17. The quantitative estimate of drug-likeness (QED) is 0.803. The van der Waals surface area contributed by atoms with Crippen molar-refractivity contribution in [2.75, 3.05) is 0 Å². The standard InChI is InChI=1S/C17H19N3O/c1-4-12-6-5-7-13(10-12)17(21)14-8-9-15-16(11(14)2)18-19-20(15)3/h5-10,17,21H,4H2,1-3H3. The van der Waals surface area contributed by atoms with Gasteiger partial charge in [0.15, 0.2) is 0 Å². The summed E-state index contributed by atoms with van der Waals surface area (Å²) in [5, 5.41) is 18.9. The fourth-order valence-corrected chi connectivity index (χ4v) is 2.71. The Morgan fingerprint density at radius 2 is 2.05 bits per heavy atom. The molecule has 0 spiro atoms. The van der Waals surface area contributed by atoms with Gasteiger partial charge in [0.25, 0.3) is 0 Å².